The minimum atomic E-state index is 0.651. The first kappa shape index (κ1) is 14.3. The van der Waals surface area contributed by atoms with Crippen LogP contribution in [0.25, 0.3) is 0 Å². The van der Waals surface area contributed by atoms with Crippen LogP contribution in [0, 0.1) is 24.7 Å². The molecule has 0 radical (unpaired) electrons. The summed E-state index contributed by atoms with van der Waals surface area (Å²) in [5, 5.41) is 3.73. The maximum Gasteiger partial charge on any atom is 0.0344 e. The van der Waals surface area contributed by atoms with Gasteiger partial charge in [-0.3, -0.25) is 0 Å². The SMILES string of the molecule is Cc1cccc(NC2CCN(CC3CC4C=CC3C4)CC2)c1. The second-order valence-corrected chi connectivity index (χ2v) is 7.63. The number of hydrogen-bond acceptors (Lipinski definition) is 2. The van der Waals surface area contributed by atoms with Crippen molar-refractivity contribution in [3.05, 3.63) is 42.0 Å². The molecule has 2 heteroatoms. The van der Waals surface area contributed by atoms with E-state index in [9.17, 15) is 0 Å². The number of nitrogens with one attached hydrogen (secondary N) is 1. The Morgan fingerprint density at radius 3 is 2.68 bits per heavy atom. The van der Waals surface area contributed by atoms with Crippen molar-refractivity contribution in [1.82, 2.24) is 4.90 Å². The van der Waals surface area contributed by atoms with Crippen LogP contribution >= 0.6 is 0 Å². The molecule has 0 amide bonds. The quantitative estimate of drug-likeness (QED) is 0.842. The van der Waals surface area contributed by atoms with Gasteiger partial charge < -0.3 is 10.2 Å². The van der Waals surface area contributed by atoms with Gasteiger partial charge in [-0.1, -0.05) is 24.3 Å². The van der Waals surface area contributed by atoms with E-state index in [0.717, 1.165) is 17.8 Å². The molecule has 118 valence electrons. The molecule has 1 aliphatic heterocycles. The number of allylic oxidation sites excluding steroid dienone is 2. The van der Waals surface area contributed by atoms with Gasteiger partial charge in [-0.15, -0.1) is 0 Å². The maximum atomic E-state index is 3.73. The fourth-order valence-electron chi connectivity index (χ4n) is 4.67. The highest BCUT2D eigenvalue weighted by Crippen LogP contribution is 2.43. The van der Waals surface area contributed by atoms with Gasteiger partial charge in [-0.2, -0.15) is 0 Å². The molecule has 1 N–H and O–H groups in total. The van der Waals surface area contributed by atoms with Gasteiger partial charge >= 0.3 is 0 Å². The van der Waals surface area contributed by atoms with Gasteiger partial charge in [-0.25, -0.2) is 0 Å². The van der Waals surface area contributed by atoms with Gasteiger partial charge in [-0.05, 0) is 68.1 Å². The highest BCUT2D eigenvalue weighted by Gasteiger charge is 2.36. The van der Waals surface area contributed by atoms with Crippen LogP contribution in [0.2, 0.25) is 0 Å². The van der Waals surface area contributed by atoms with E-state index in [-0.39, 0.29) is 0 Å². The van der Waals surface area contributed by atoms with E-state index in [1.165, 1.54) is 56.6 Å². The maximum absolute atomic E-state index is 3.73. The number of anilines is 1. The van der Waals surface area contributed by atoms with Crippen molar-refractivity contribution in [1.29, 1.82) is 0 Å². The molecule has 1 aromatic carbocycles. The standard InChI is InChI=1S/C20H28N2/c1-15-3-2-4-20(11-15)21-19-7-9-22(10-8-19)14-18-13-16-5-6-17(18)12-16/h2-6,11,16-19,21H,7-10,12-14H2,1H3. The average Bonchev–Trinajstić information content (AvgIpc) is 3.12. The molecule has 2 bridgehead atoms. The average molecular weight is 296 g/mol. The van der Waals surface area contributed by atoms with Gasteiger partial charge in [0.25, 0.3) is 0 Å². The van der Waals surface area contributed by atoms with Crippen molar-refractivity contribution in [2.24, 2.45) is 17.8 Å². The lowest BCUT2D eigenvalue weighted by Crippen LogP contribution is -2.41. The zero-order chi connectivity index (χ0) is 14.9. The van der Waals surface area contributed by atoms with E-state index in [1.54, 1.807) is 0 Å². The van der Waals surface area contributed by atoms with Gasteiger partial charge in [0.2, 0.25) is 0 Å². The van der Waals surface area contributed by atoms with Gasteiger partial charge in [0, 0.05) is 31.4 Å². The summed E-state index contributed by atoms with van der Waals surface area (Å²) < 4.78 is 0. The molecule has 2 fully saturated rings. The third-order valence-corrected chi connectivity index (χ3v) is 5.89. The van der Waals surface area contributed by atoms with E-state index >= 15 is 0 Å². The van der Waals surface area contributed by atoms with Crippen molar-refractivity contribution in [2.75, 3.05) is 25.0 Å². The first-order valence-electron chi connectivity index (χ1n) is 9.00. The Labute approximate surface area is 134 Å². The molecule has 0 spiro atoms. The first-order chi connectivity index (χ1) is 10.8. The summed E-state index contributed by atoms with van der Waals surface area (Å²) in [7, 11) is 0. The first-order valence-corrected chi connectivity index (χ1v) is 9.00. The molecule has 3 atom stereocenters. The number of nitrogens with zero attached hydrogens (tertiary/aromatic N) is 1. The van der Waals surface area contributed by atoms with E-state index in [4.69, 9.17) is 0 Å². The molecular weight excluding hydrogens is 268 g/mol. The van der Waals surface area contributed by atoms with Gasteiger partial charge in [0.15, 0.2) is 0 Å². The lowest BCUT2D eigenvalue weighted by molar-refractivity contribution is 0.177. The molecule has 1 saturated carbocycles. The Morgan fingerprint density at radius 2 is 2.00 bits per heavy atom. The third kappa shape index (κ3) is 3.08. The zero-order valence-corrected chi connectivity index (χ0v) is 13.7. The van der Waals surface area contributed by atoms with Crippen LogP contribution in [0.1, 0.15) is 31.2 Å². The van der Waals surface area contributed by atoms with E-state index < -0.39 is 0 Å². The minimum Gasteiger partial charge on any atom is -0.382 e. The van der Waals surface area contributed by atoms with Crippen LogP contribution in [0.5, 0.6) is 0 Å². The molecule has 1 saturated heterocycles. The van der Waals surface area contributed by atoms with Gasteiger partial charge in [0.05, 0.1) is 0 Å². The number of likely N-dealkylation sites (tertiary alicyclic amines) is 1. The number of fused-ring (bicyclic) bond motifs is 2. The lowest BCUT2D eigenvalue weighted by Gasteiger charge is -2.35. The smallest absolute Gasteiger partial charge is 0.0344 e. The molecule has 1 aromatic rings. The van der Waals surface area contributed by atoms with Crippen LogP contribution in [0.15, 0.2) is 36.4 Å². The molecule has 22 heavy (non-hydrogen) atoms. The Hall–Kier alpha value is -1.28. The van der Waals surface area contributed by atoms with E-state index in [1.807, 2.05) is 0 Å². The number of piperidine rings is 1. The third-order valence-electron chi connectivity index (χ3n) is 5.89. The molecule has 1 heterocycles. The van der Waals surface area contributed by atoms with Crippen LogP contribution in [-0.2, 0) is 0 Å². The summed E-state index contributed by atoms with van der Waals surface area (Å²) in [6.45, 7) is 6.03. The fraction of sp³-hybridized carbons (Fsp3) is 0.600. The molecule has 2 nitrogen and oxygen atoms in total. The van der Waals surface area contributed by atoms with Crippen molar-refractivity contribution in [2.45, 2.75) is 38.6 Å². The number of aryl methyl sites for hydroxylation is 1. The van der Waals surface area contributed by atoms with Gasteiger partial charge in [0.1, 0.15) is 0 Å². The monoisotopic (exact) mass is 296 g/mol. The minimum absolute atomic E-state index is 0.651. The van der Waals surface area contributed by atoms with Crippen LogP contribution in [0.4, 0.5) is 5.69 Å². The Morgan fingerprint density at radius 1 is 1.14 bits per heavy atom. The fourth-order valence-corrected chi connectivity index (χ4v) is 4.67. The predicted octanol–water partition coefficient (Wildman–Crippen LogP) is 4.08. The topological polar surface area (TPSA) is 15.3 Å². The molecule has 0 aromatic heterocycles. The van der Waals surface area contributed by atoms with E-state index in [0.29, 0.717) is 6.04 Å². The summed E-state index contributed by atoms with van der Waals surface area (Å²) >= 11 is 0. The molecule has 3 unspecified atom stereocenters. The summed E-state index contributed by atoms with van der Waals surface area (Å²) in [5.74, 6) is 2.75. The molecule has 2 aliphatic carbocycles. The summed E-state index contributed by atoms with van der Waals surface area (Å²) in [4.78, 5) is 2.72. The van der Waals surface area contributed by atoms with Crippen LogP contribution in [-0.4, -0.2) is 30.6 Å². The molecular formula is C20H28N2. The van der Waals surface area contributed by atoms with Crippen molar-refractivity contribution in [3.63, 3.8) is 0 Å². The second-order valence-electron chi connectivity index (χ2n) is 7.63. The summed E-state index contributed by atoms with van der Waals surface area (Å²) in [6, 6.07) is 9.42. The Balaban J connectivity index is 1.25. The normalized spacial score (nSPS) is 31.8. The highest BCUT2D eigenvalue weighted by molar-refractivity contribution is 5.46. The summed E-state index contributed by atoms with van der Waals surface area (Å²) in [5.41, 5.74) is 2.63. The lowest BCUT2D eigenvalue weighted by atomic mass is 9.92. The second kappa shape index (κ2) is 6.08. The molecule has 4 rings (SSSR count). The Kier molecular flexibility index (Phi) is 3.96. The number of benzene rings is 1. The van der Waals surface area contributed by atoms with Crippen LogP contribution in [0.3, 0.4) is 0 Å². The highest BCUT2D eigenvalue weighted by atomic mass is 15.1. The van der Waals surface area contributed by atoms with Crippen molar-refractivity contribution in [3.8, 4) is 0 Å². The summed E-state index contributed by atoms with van der Waals surface area (Å²) in [6.07, 6.45) is 10.4. The van der Waals surface area contributed by atoms with E-state index in [2.05, 4.69) is 53.6 Å². The molecule has 3 aliphatic rings. The Bertz CT molecular complexity index is 542. The van der Waals surface area contributed by atoms with Crippen molar-refractivity contribution < 1.29 is 0 Å². The number of hydrogen-bond donors (Lipinski definition) is 1. The largest absolute Gasteiger partial charge is 0.382 e. The van der Waals surface area contributed by atoms with Crippen LogP contribution < -0.4 is 5.32 Å². The van der Waals surface area contributed by atoms with Crippen molar-refractivity contribution >= 4 is 5.69 Å². The predicted molar refractivity (Wildman–Crippen MR) is 93.1 cm³/mol. The number of rotatable bonds is 4. The zero-order valence-electron chi connectivity index (χ0n) is 13.7.